The van der Waals surface area contributed by atoms with Gasteiger partial charge in [0.05, 0.1) is 25.7 Å². The SMILES string of the molecule is CCCCNS(=O)(=O)c1ccc(OCC(=O)Nc2cc(Cl)c(Cl)cc2Cl)cc1. The summed E-state index contributed by atoms with van der Waals surface area (Å²) >= 11 is 17.8. The van der Waals surface area contributed by atoms with Crippen LogP contribution in [0, 0.1) is 0 Å². The van der Waals surface area contributed by atoms with Gasteiger partial charge in [-0.3, -0.25) is 4.79 Å². The molecule has 0 saturated heterocycles. The normalized spacial score (nSPS) is 11.3. The summed E-state index contributed by atoms with van der Waals surface area (Å²) in [7, 11) is -3.56. The fourth-order valence-electron chi connectivity index (χ4n) is 2.14. The van der Waals surface area contributed by atoms with E-state index in [0.29, 0.717) is 18.0 Å². The van der Waals surface area contributed by atoms with E-state index in [1.807, 2.05) is 6.92 Å². The molecule has 2 rings (SSSR count). The van der Waals surface area contributed by atoms with E-state index in [0.717, 1.165) is 12.8 Å². The van der Waals surface area contributed by atoms with Crippen molar-refractivity contribution in [1.82, 2.24) is 4.72 Å². The van der Waals surface area contributed by atoms with Crippen LogP contribution < -0.4 is 14.8 Å². The maximum Gasteiger partial charge on any atom is 0.262 e. The third kappa shape index (κ3) is 6.53. The van der Waals surface area contributed by atoms with Crippen molar-refractivity contribution in [1.29, 1.82) is 0 Å². The molecule has 0 aromatic heterocycles. The molecule has 10 heteroatoms. The lowest BCUT2D eigenvalue weighted by atomic mass is 10.3. The van der Waals surface area contributed by atoms with E-state index in [-0.39, 0.29) is 26.6 Å². The minimum Gasteiger partial charge on any atom is -0.484 e. The summed E-state index contributed by atoms with van der Waals surface area (Å²) in [6, 6.07) is 8.65. The lowest BCUT2D eigenvalue weighted by Gasteiger charge is -2.10. The van der Waals surface area contributed by atoms with Crippen LogP contribution in [0.5, 0.6) is 5.75 Å². The minimum atomic E-state index is -3.56. The van der Waals surface area contributed by atoms with E-state index in [2.05, 4.69) is 10.0 Å². The fourth-order valence-corrected chi connectivity index (χ4v) is 3.80. The second kappa shape index (κ2) is 10.3. The van der Waals surface area contributed by atoms with Crippen molar-refractivity contribution in [2.24, 2.45) is 0 Å². The molecule has 0 spiro atoms. The van der Waals surface area contributed by atoms with Gasteiger partial charge in [-0.15, -0.1) is 0 Å². The number of amides is 1. The first-order chi connectivity index (χ1) is 13.2. The van der Waals surface area contributed by atoms with E-state index in [4.69, 9.17) is 39.5 Å². The summed E-state index contributed by atoms with van der Waals surface area (Å²) in [5, 5.41) is 3.35. The van der Waals surface area contributed by atoms with Crippen LogP contribution in [0.2, 0.25) is 15.1 Å². The topological polar surface area (TPSA) is 84.5 Å². The molecule has 28 heavy (non-hydrogen) atoms. The minimum absolute atomic E-state index is 0.128. The van der Waals surface area contributed by atoms with E-state index in [1.165, 1.54) is 36.4 Å². The van der Waals surface area contributed by atoms with Crippen LogP contribution in [0.25, 0.3) is 0 Å². The average Bonchev–Trinajstić information content (AvgIpc) is 2.65. The molecule has 1 amide bonds. The molecule has 0 aliphatic heterocycles. The second-order valence-corrected chi connectivity index (χ2v) is 8.79. The van der Waals surface area contributed by atoms with Gasteiger partial charge in [-0.25, -0.2) is 13.1 Å². The first-order valence-electron chi connectivity index (χ1n) is 8.40. The lowest BCUT2D eigenvalue weighted by Crippen LogP contribution is -2.24. The number of hydrogen-bond donors (Lipinski definition) is 2. The summed E-state index contributed by atoms with van der Waals surface area (Å²) in [6.07, 6.45) is 1.66. The van der Waals surface area contributed by atoms with Gasteiger partial charge in [0.15, 0.2) is 6.61 Å². The Hall–Kier alpha value is -1.51. The maximum atomic E-state index is 12.1. The molecule has 2 N–H and O–H groups in total. The van der Waals surface area contributed by atoms with Gasteiger partial charge in [0.2, 0.25) is 10.0 Å². The number of carbonyl (C=O) groups excluding carboxylic acids is 1. The third-order valence-electron chi connectivity index (χ3n) is 3.61. The Labute approximate surface area is 179 Å². The van der Waals surface area contributed by atoms with Gasteiger partial charge in [-0.2, -0.15) is 0 Å². The molecule has 0 aliphatic rings. The number of ether oxygens (including phenoxy) is 1. The Kier molecular flexibility index (Phi) is 8.39. The van der Waals surface area contributed by atoms with Gasteiger partial charge in [0.25, 0.3) is 5.91 Å². The average molecular weight is 466 g/mol. The van der Waals surface area contributed by atoms with Gasteiger partial charge in [-0.1, -0.05) is 48.1 Å². The molecule has 152 valence electrons. The Bertz CT molecular complexity index is 935. The van der Waals surface area contributed by atoms with Crippen molar-refractivity contribution in [2.45, 2.75) is 24.7 Å². The van der Waals surface area contributed by atoms with Crippen LogP contribution in [-0.4, -0.2) is 27.5 Å². The highest BCUT2D eigenvalue weighted by Crippen LogP contribution is 2.32. The van der Waals surface area contributed by atoms with Crippen molar-refractivity contribution in [2.75, 3.05) is 18.5 Å². The van der Waals surface area contributed by atoms with E-state index in [1.54, 1.807) is 0 Å². The molecule has 0 radical (unpaired) electrons. The Morgan fingerprint density at radius 3 is 2.32 bits per heavy atom. The van der Waals surface area contributed by atoms with Crippen molar-refractivity contribution < 1.29 is 17.9 Å². The number of nitrogens with one attached hydrogen (secondary N) is 2. The van der Waals surface area contributed by atoms with Crippen LogP contribution in [-0.2, 0) is 14.8 Å². The van der Waals surface area contributed by atoms with Crippen LogP contribution in [0.3, 0.4) is 0 Å². The summed E-state index contributed by atoms with van der Waals surface area (Å²) in [4.78, 5) is 12.2. The largest absolute Gasteiger partial charge is 0.484 e. The molecule has 0 fully saturated rings. The number of hydrogen-bond acceptors (Lipinski definition) is 4. The van der Waals surface area contributed by atoms with E-state index < -0.39 is 15.9 Å². The molecule has 2 aromatic carbocycles. The zero-order valence-corrected chi connectivity index (χ0v) is 18.1. The standard InChI is InChI=1S/C18H19Cl3N2O4S/c1-2-3-8-22-28(25,26)13-6-4-12(5-7-13)27-11-18(24)23-17-10-15(20)14(19)9-16(17)21/h4-7,9-10,22H,2-3,8,11H2,1H3,(H,23,24). The molecule has 2 aromatic rings. The first kappa shape index (κ1) is 22.8. The molecule has 0 atom stereocenters. The molecule has 6 nitrogen and oxygen atoms in total. The van der Waals surface area contributed by atoms with E-state index >= 15 is 0 Å². The Morgan fingerprint density at radius 2 is 1.68 bits per heavy atom. The van der Waals surface area contributed by atoms with E-state index in [9.17, 15) is 13.2 Å². The van der Waals surface area contributed by atoms with Crippen LogP contribution in [0.15, 0.2) is 41.3 Å². The van der Waals surface area contributed by atoms with Crippen LogP contribution in [0.4, 0.5) is 5.69 Å². The zero-order chi connectivity index (χ0) is 20.7. The number of halogens is 3. The highest BCUT2D eigenvalue weighted by atomic mass is 35.5. The summed E-state index contributed by atoms with van der Waals surface area (Å²) in [5.74, 6) is -0.110. The van der Waals surface area contributed by atoms with Gasteiger partial charge < -0.3 is 10.1 Å². The number of sulfonamides is 1. The van der Waals surface area contributed by atoms with Gasteiger partial charge in [0, 0.05) is 6.54 Å². The van der Waals surface area contributed by atoms with Crippen LogP contribution >= 0.6 is 34.8 Å². The number of unbranched alkanes of at least 4 members (excludes halogenated alkanes) is 1. The Morgan fingerprint density at radius 1 is 1.04 bits per heavy atom. The lowest BCUT2D eigenvalue weighted by molar-refractivity contribution is -0.118. The number of anilines is 1. The molecular formula is C18H19Cl3N2O4S. The molecule has 0 saturated carbocycles. The quantitative estimate of drug-likeness (QED) is 0.414. The molecule has 0 aliphatic carbocycles. The van der Waals surface area contributed by atoms with Crippen molar-refractivity contribution >= 4 is 56.4 Å². The molecule has 0 bridgehead atoms. The van der Waals surface area contributed by atoms with Crippen molar-refractivity contribution in [3.63, 3.8) is 0 Å². The maximum absolute atomic E-state index is 12.1. The van der Waals surface area contributed by atoms with Gasteiger partial charge in [0.1, 0.15) is 5.75 Å². The predicted octanol–water partition coefficient (Wildman–Crippen LogP) is 4.74. The predicted molar refractivity (Wildman–Crippen MR) is 112 cm³/mol. The summed E-state index contributed by atoms with van der Waals surface area (Å²) < 4.78 is 32.1. The molecule has 0 heterocycles. The number of benzene rings is 2. The van der Waals surface area contributed by atoms with Crippen LogP contribution in [0.1, 0.15) is 19.8 Å². The molecular weight excluding hydrogens is 447 g/mol. The summed E-state index contributed by atoms with van der Waals surface area (Å²) in [5.41, 5.74) is 0.310. The van der Waals surface area contributed by atoms with Gasteiger partial charge in [-0.05, 0) is 42.8 Å². The number of carbonyl (C=O) groups is 1. The third-order valence-corrected chi connectivity index (χ3v) is 6.12. The van der Waals surface area contributed by atoms with Crippen molar-refractivity contribution in [3.8, 4) is 5.75 Å². The smallest absolute Gasteiger partial charge is 0.262 e. The monoisotopic (exact) mass is 464 g/mol. The first-order valence-corrected chi connectivity index (χ1v) is 11.0. The molecule has 0 unspecified atom stereocenters. The summed E-state index contributed by atoms with van der Waals surface area (Å²) in [6.45, 7) is 2.07. The fraction of sp³-hybridized carbons (Fsp3) is 0.278. The zero-order valence-electron chi connectivity index (χ0n) is 15.0. The van der Waals surface area contributed by atoms with Gasteiger partial charge >= 0.3 is 0 Å². The number of rotatable bonds is 9. The van der Waals surface area contributed by atoms with Crippen molar-refractivity contribution in [3.05, 3.63) is 51.5 Å². The Balaban J connectivity index is 1.92. The highest BCUT2D eigenvalue weighted by molar-refractivity contribution is 7.89. The second-order valence-electron chi connectivity index (χ2n) is 5.81. The highest BCUT2D eigenvalue weighted by Gasteiger charge is 2.14.